The topological polar surface area (TPSA) is 43.8 Å². The molecule has 2 N–H and O–H groups in total. The lowest BCUT2D eigenvalue weighted by Gasteiger charge is -1.98. The van der Waals surface area contributed by atoms with Gasteiger partial charge in [0, 0.05) is 12.4 Å². The Hall–Kier alpha value is -1.09. The Kier molecular flexibility index (Phi) is 2.00. The van der Waals surface area contributed by atoms with Gasteiger partial charge in [0.1, 0.15) is 0 Å². The van der Waals surface area contributed by atoms with Crippen LogP contribution in [0.4, 0.5) is 0 Å². The molecule has 0 bridgehead atoms. The van der Waals surface area contributed by atoms with Gasteiger partial charge in [-0.15, -0.1) is 0 Å². The van der Waals surface area contributed by atoms with Gasteiger partial charge in [0.15, 0.2) is 0 Å². The lowest BCUT2D eigenvalue weighted by atomic mass is 10.1. The molecule has 0 aromatic carbocycles. The van der Waals surface area contributed by atoms with Crippen LogP contribution in [0.15, 0.2) is 19.0 Å². The van der Waals surface area contributed by atoms with Crippen LogP contribution in [0.25, 0.3) is 6.20 Å². The van der Waals surface area contributed by atoms with Crippen molar-refractivity contribution in [3.8, 4) is 0 Å². The summed E-state index contributed by atoms with van der Waals surface area (Å²) >= 11 is 0. The molecular formula is C11H17N3. The van der Waals surface area contributed by atoms with E-state index in [1.807, 2.05) is 12.4 Å². The van der Waals surface area contributed by atoms with Gasteiger partial charge in [-0.25, -0.2) is 4.68 Å². The number of nitrogens with two attached hydrogens (primary N) is 1. The van der Waals surface area contributed by atoms with Crippen LogP contribution in [-0.4, -0.2) is 16.3 Å². The number of nitrogens with zero attached hydrogens (tertiary/aromatic N) is 2. The van der Waals surface area contributed by atoms with Crippen molar-refractivity contribution in [3.05, 3.63) is 24.5 Å². The zero-order valence-electron chi connectivity index (χ0n) is 8.77. The van der Waals surface area contributed by atoms with E-state index in [9.17, 15) is 0 Å². The zero-order valence-corrected chi connectivity index (χ0v) is 8.77. The fourth-order valence-electron chi connectivity index (χ4n) is 2.46. The quantitative estimate of drug-likeness (QED) is 0.790. The summed E-state index contributed by atoms with van der Waals surface area (Å²) in [5, 5.41) is 4.19. The molecule has 2 rings (SSSR count). The van der Waals surface area contributed by atoms with Gasteiger partial charge < -0.3 is 5.73 Å². The van der Waals surface area contributed by atoms with Crippen molar-refractivity contribution in [3.63, 3.8) is 0 Å². The predicted molar refractivity (Wildman–Crippen MR) is 57.7 cm³/mol. The molecule has 0 amide bonds. The van der Waals surface area contributed by atoms with Gasteiger partial charge in [0.05, 0.1) is 6.20 Å². The SMILES string of the molecule is C=Cn1cc([C@H]2[C@H](CN)C2(C)C)cn1. The minimum Gasteiger partial charge on any atom is -0.330 e. The monoisotopic (exact) mass is 191 g/mol. The molecule has 3 heteroatoms. The Labute approximate surface area is 84.6 Å². The third kappa shape index (κ3) is 1.20. The van der Waals surface area contributed by atoms with Crippen molar-refractivity contribution in [2.75, 3.05) is 6.54 Å². The summed E-state index contributed by atoms with van der Waals surface area (Å²) in [4.78, 5) is 0. The summed E-state index contributed by atoms with van der Waals surface area (Å²) < 4.78 is 1.75. The van der Waals surface area contributed by atoms with Gasteiger partial charge in [-0.05, 0) is 29.4 Å². The molecule has 1 fully saturated rings. The van der Waals surface area contributed by atoms with E-state index in [4.69, 9.17) is 5.73 Å². The minimum absolute atomic E-state index is 0.337. The number of rotatable bonds is 3. The summed E-state index contributed by atoms with van der Waals surface area (Å²) in [5.41, 5.74) is 7.35. The van der Waals surface area contributed by atoms with Crippen LogP contribution in [0.1, 0.15) is 25.3 Å². The summed E-state index contributed by atoms with van der Waals surface area (Å²) in [7, 11) is 0. The molecule has 0 unspecified atom stereocenters. The maximum absolute atomic E-state index is 5.73. The van der Waals surface area contributed by atoms with Crippen LogP contribution in [0.2, 0.25) is 0 Å². The van der Waals surface area contributed by atoms with Gasteiger partial charge in [-0.3, -0.25) is 0 Å². The molecule has 0 radical (unpaired) electrons. The van der Waals surface area contributed by atoms with Crippen molar-refractivity contribution in [1.29, 1.82) is 0 Å². The van der Waals surface area contributed by atoms with E-state index in [2.05, 4.69) is 25.5 Å². The van der Waals surface area contributed by atoms with E-state index >= 15 is 0 Å². The Balaban J connectivity index is 2.21. The highest BCUT2D eigenvalue weighted by molar-refractivity contribution is 5.30. The van der Waals surface area contributed by atoms with Gasteiger partial charge in [-0.2, -0.15) is 5.10 Å². The molecule has 14 heavy (non-hydrogen) atoms. The first kappa shape index (κ1) is 9.46. The van der Waals surface area contributed by atoms with Gasteiger partial charge in [0.25, 0.3) is 0 Å². The molecular weight excluding hydrogens is 174 g/mol. The van der Waals surface area contributed by atoms with Crippen LogP contribution in [0.3, 0.4) is 0 Å². The Morgan fingerprint density at radius 3 is 2.86 bits per heavy atom. The maximum Gasteiger partial charge on any atom is 0.0529 e. The third-order valence-electron chi connectivity index (χ3n) is 3.47. The lowest BCUT2D eigenvalue weighted by Crippen LogP contribution is -2.05. The van der Waals surface area contributed by atoms with E-state index < -0.39 is 0 Å². The fraction of sp³-hybridized carbons (Fsp3) is 0.545. The average Bonchev–Trinajstić information content (AvgIpc) is 2.55. The molecule has 0 spiro atoms. The highest BCUT2D eigenvalue weighted by atomic mass is 15.2. The number of hydrogen-bond acceptors (Lipinski definition) is 2. The van der Waals surface area contributed by atoms with Gasteiger partial charge >= 0.3 is 0 Å². The van der Waals surface area contributed by atoms with E-state index in [1.54, 1.807) is 10.9 Å². The molecule has 0 saturated heterocycles. The van der Waals surface area contributed by atoms with Crippen molar-refractivity contribution in [2.45, 2.75) is 19.8 Å². The molecule has 0 aliphatic heterocycles. The Morgan fingerprint density at radius 2 is 2.43 bits per heavy atom. The summed E-state index contributed by atoms with van der Waals surface area (Å²) in [6.45, 7) is 8.96. The van der Waals surface area contributed by atoms with Crippen molar-refractivity contribution in [1.82, 2.24) is 9.78 Å². The minimum atomic E-state index is 0.337. The van der Waals surface area contributed by atoms with E-state index in [-0.39, 0.29) is 0 Å². The van der Waals surface area contributed by atoms with E-state index in [1.165, 1.54) is 5.56 Å². The normalized spacial score (nSPS) is 28.8. The number of hydrogen-bond donors (Lipinski definition) is 1. The first-order valence-corrected chi connectivity index (χ1v) is 4.98. The second-order valence-electron chi connectivity index (χ2n) is 4.58. The van der Waals surface area contributed by atoms with Crippen molar-refractivity contribution >= 4 is 6.20 Å². The fourth-order valence-corrected chi connectivity index (χ4v) is 2.46. The highest BCUT2D eigenvalue weighted by Crippen LogP contribution is 2.63. The van der Waals surface area contributed by atoms with Crippen LogP contribution < -0.4 is 5.73 Å². The van der Waals surface area contributed by atoms with Gasteiger partial charge in [-0.1, -0.05) is 20.4 Å². The summed E-state index contributed by atoms with van der Waals surface area (Å²) in [6, 6.07) is 0. The molecule has 1 aromatic heterocycles. The van der Waals surface area contributed by atoms with Crippen molar-refractivity contribution < 1.29 is 0 Å². The molecule has 1 aliphatic rings. The van der Waals surface area contributed by atoms with E-state index in [0.29, 0.717) is 17.3 Å². The second kappa shape index (κ2) is 2.95. The highest BCUT2D eigenvalue weighted by Gasteiger charge is 2.57. The summed E-state index contributed by atoms with van der Waals surface area (Å²) in [6.07, 6.45) is 5.66. The molecule has 2 atom stereocenters. The molecule has 1 aromatic rings. The largest absolute Gasteiger partial charge is 0.330 e. The standard InChI is InChI=1S/C11H17N3/c1-4-14-7-8(6-13-14)10-9(5-12)11(10,2)3/h4,6-7,9-10H,1,5,12H2,2-3H3/t9-,10-/m0/s1. The van der Waals surface area contributed by atoms with Crippen molar-refractivity contribution in [2.24, 2.45) is 17.1 Å². The Morgan fingerprint density at radius 1 is 1.71 bits per heavy atom. The van der Waals surface area contributed by atoms with E-state index in [0.717, 1.165) is 6.54 Å². The van der Waals surface area contributed by atoms with Crippen LogP contribution >= 0.6 is 0 Å². The average molecular weight is 191 g/mol. The Bertz CT molecular complexity index is 351. The smallest absolute Gasteiger partial charge is 0.0529 e. The molecule has 1 saturated carbocycles. The first-order chi connectivity index (χ1) is 6.61. The molecule has 1 heterocycles. The van der Waals surface area contributed by atoms with Gasteiger partial charge in [0.2, 0.25) is 0 Å². The second-order valence-corrected chi connectivity index (χ2v) is 4.58. The molecule has 3 nitrogen and oxygen atoms in total. The predicted octanol–water partition coefficient (Wildman–Crippen LogP) is 1.68. The third-order valence-corrected chi connectivity index (χ3v) is 3.47. The maximum atomic E-state index is 5.73. The zero-order chi connectivity index (χ0) is 10.3. The van der Waals surface area contributed by atoms with Crippen LogP contribution in [0.5, 0.6) is 0 Å². The van der Waals surface area contributed by atoms with Crippen LogP contribution in [0, 0.1) is 11.3 Å². The van der Waals surface area contributed by atoms with Crippen LogP contribution in [-0.2, 0) is 0 Å². The first-order valence-electron chi connectivity index (χ1n) is 4.98. The molecule has 1 aliphatic carbocycles. The lowest BCUT2D eigenvalue weighted by molar-refractivity contribution is 0.558. The number of aromatic nitrogens is 2. The molecule has 76 valence electrons. The summed E-state index contributed by atoms with van der Waals surface area (Å²) in [5.74, 6) is 1.17.